The molecule has 1 aromatic rings. The number of hydrogen-bond donors (Lipinski definition) is 0. The lowest BCUT2D eigenvalue weighted by atomic mass is 9.99. The SMILES string of the molecule is CCCCCCCCCCCCCCC(Cc1ccccc1)N(C)Br. The molecule has 0 aliphatic heterocycles. The van der Waals surface area contributed by atoms with Gasteiger partial charge in [0.15, 0.2) is 0 Å². The maximum atomic E-state index is 3.67. The molecule has 0 amide bonds. The van der Waals surface area contributed by atoms with Crippen molar-refractivity contribution in [1.29, 1.82) is 0 Å². The van der Waals surface area contributed by atoms with E-state index in [1.807, 2.05) is 0 Å². The number of halogens is 1. The Morgan fingerprint density at radius 3 is 1.72 bits per heavy atom. The van der Waals surface area contributed by atoms with Crippen LogP contribution in [-0.4, -0.2) is 17.0 Å². The zero-order chi connectivity index (χ0) is 18.2. The lowest BCUT2D eigenvalue weighted by molar-refractivity contribution is 0.376. The fourth-order valence-electron chi connectivity index (χ4n) is 3.51. The van der Waals surface area contributed by atoms with Crippen LogP contribution in [0.4, 0.5) is 0 Å². The number of rotatable bonds is 16. The largest absolute Gasteiger partial charge is 0.242 e. The fraction of sp³-hybridized carbons (Fsp3) is 0.739. The van der Waals surface area contributed by atoms with Crippen molar-refractivity contribution in [2.24, 2.45) is 0 Å². The molecular formula is C23H40BrN. The third kappa shape index (κ3) is 12.6. The molecule has 0 radical (unpaired) electrons. The van der Waals surface area contributed by atoms with Gasteiger partial charge in [0.05, 0.1) is 0 Å². The fourth-order valence-corrected chi connectivity index (χ4v) is 3.86. The van der Waals surface area contributed by atoms with E-state index in [-0.39, 0.29) is 0 Å². The van der Waals surface area contributed by atoms with Crippen LogP contribution in [0.25, 0.3) is 0 Å². The van der Waals surface area contributed by atoms with Crippen LogP contribution in [0.1, 0.15) is 96.0 Å². The van der Waals surface area contributed by atoms with Gasteiger partial charge in [0.2, 0.25) is 0 Å². The first-order valence-electron chi connectivity index (χ1n) is 10.7. The Hall–Kier alpha value is -0.340. The molecule has 1 nitrogen and oxygen atoms in total. The lowest BCUT2D eigenvalue weighted by Gasteiger charge is -2.22. The second-order valence-electron chi connectivity index (χ2n) is 7.55. The van der Waals surface area contributed by atoms with Crippen molar-refractivity contribution in [2.45, 2.75) is 103 Å². The Morgan fingerprint density at radius 1 is 0.760 bits per heavy atom. The summed E-state index contributed by atoms with van der Waals surface area (Å²) in [6.07, 6.45) is 19.5. The van der Waals surface area contributed by atoms with E-state index in [1.54, 1.807) is 0 Å². The first-order valence-corrected chi connectivity index (χ1v) is 11.4. The van der Waals surface area contributed by atoms with Crippen molar-refractivity contribution in [1.82, 2.24) is 3.93 Å². The zero-order valence-corrected chi connectivity index (χ0v) is 18.3. The molecule has 0 heterocycles. The summed E-state index contributed by atoms with van der Waals surface area (Å²) < 4.78 is 2.22. The zero-order valence-electron chi connectivity index (χ0n) is 16.7. The summed E-state index contributed by atoms with van der Waals surface area (Å²) in [5.41, 5.74) is 1.44. The third-order valence-corrected chi connectivity index (χ3v) is 5.79. The maximum Gasteiger partial charge on any atom is 0.0242 e. The van der Waals surface area contributed by atoms with Crippen LogP contribution in [0.15, 0.2) is 30.3 Å². The molecule has 1 rings (SSSR count). The molecule has 0 aliphatic rings. The van der Waals surface area contributed by atoms with E-state index in [1.165, 1.54) is 89.0 Å². The highest BCUT2D eigenvalue weighted by Crippen LogP contribution is 2.18. The van der Waals surface area contributed by atoms with Gasteiger partial charge in [-0.3, -0.25) is 0 Å². The highest BCUT2D eigenvalue weighted by atomic mass is 79.9. The smallest absolute Gasteiger partial charge is 0.0242 e. The average molecular weight is 410 g/mol. The van der Waals surface area contributed by atoms with Crippen molar-refractivity contribution < 1.29 is 0 Å². The number of nitrogens with zero attached hydrogens (tertiary/aromatic N) is 1. The van der Waals surface area contributed by atoms with Gasteiger partial charge in [-0.15, -0.1) is 0 Å². The van der Waals surface area contributed by atoms with E-state index in [2.05, 4.69) is 64.4 Å². The van der Waals surface area contributed by atoms with E-state index in [0.717, 1.165) is 6.42 Å². The standard InChI is InChI=1S/C23H40BrN/c1-3-4-5-6-7-8-9-10-11-12-13-17-20-23(25(2)24)21-22-18-15-14-16-19-22/h14-16,18-19,23H,3-13,17,20-21H2,1-2H3. The van der Waals surface area contributed by atoms with Gasteiger partial charge in [0, 0.05) is 22.2 Å². The van der Waals surface area contributed by atoms with Crippen molar-refractivity contribution in [3.8, 4) is 0 Å². The Morgan fingerprint density at radius 2 is 1.24 bits per heavy atom. The third-order valence-electron chi connectivity index (χ3n) is 5.21. The van der Waals surface area contributed by atoms with Crippen LogP contribution in [-0.2, 0) is 6.42 Å². The van der Waals surface area contributed by atoms with Crippen molar-refractivity contribution >= 4 is 16.1 Å². The van der Waals surface area contributed by atoms with Crippen molar-refractivity contribution in [3.05, 3.63) is 35.9 Å². The van der Waals surface area contributed by atoms with Crippen molar-refractivity contribution in [3.63, 3.8) is 0 Å². The molecule has 1 aromatic carbocycles. The van der Waals surface area contributed by atoms with Crippen molar-refractivity contribution in [2.75, 3.05) is 7.05 Å². The highest BCUT2D eigenvalue weighted by Gasteiger charge is 2.12. The predicted molar refractivity (Wildman–Crippen MR) is 116 cm³/mol. The molecule has 144 valence electrons. The number of unbranched alkanes of at least 4 members (excludes halogenated alkanes) is 11. The first kappa shape index (κ1) is 22.7. The summed E-state index contributed by atoms with van der Waals surface area (Å²) in [7, 11) is 2.15. The highest BCUT2D eigenvalue weighted by molar-refractivity contribution is 9.07. The van der Waals surface area contributed by atoms with E-state index in [9.17, 15) is 0 Å². The van der Waals surface area contributed by atoms with Gasteiger partial charge in [-0.1, -0.05) is 114 Å². The second kappa shape index (κ2) is 15.9. The van der Waals surface area contributed by atoms with Crippen LogP contribution in [0.5, 0.6) is 0 Å². The predicted octanol–water partition coefficient (Wildman–Crippen LogP) is 7.93. The summed E-state index contributed by atoms with van der Waals surface area (Å²) in [4.78, 5) is 0. The Labute approximate surface area is 165 Å². The average Bonchev–Trinajstić information content (AvgIpc) is 2.62. The minimum absolute atomic E-state index is 0.602. The van der Waals surface area contributed by atoms with E-state index in [4.69, 9.17) is 0 Å². The summed E-state index contributed by atoms with van der Waals surface area (Å²) in [5.74, 6) is 0. The van der Waals surface area contributed by atoms with Gasteiger partial charge in [-0.05, 0) is 25.5 Å². The minimum atomic E-state index is 0.602. The molecule has 0 fully saturated rings. The van der Waals surface area contributed by atoms with Gasteiger partial charge in [0.1, 0.15) is 0 Å². The lowest BCUT2D eigenvalue weighted by Crippen LogP contribution is -2.25. The normalized spacial score (nSPS) is 12.6. The summed E-state index contributed by atoms with van der Waals surface area (Å²) in [6, 6.07) is 11.5. The number of likely N-dealkylation sites (N-methyl/N-ethyl adjacent to an activating group) is 1. The number of hydrogen-bond acceptors (Lipinski definition) is 1. The van der Waals surface area contributed by atoms with Gasteiger partial charge in [-0.25, -0.2) is 3.93 Å². The molecular weight excluding hydrogens is 370 g/mol. The van der Waals surface area contributed by atoms with Gasteiger partial charge in [-0.2, -0.15) is 0 Å². The van der Waals surface area contributed by atoms with Gasteiger partial charge in [0.25, 0.3) is 0 Å². The Bertz CT molecular complexity index is 390. The molecule has 0 N–H and O–H groups in total. The van der Waals surface area contributed by atoms with Gasteiger partial charge >= 0.3 is 0 Å². The molecule has 2 heteroatoms. The molecule has 0 aliphatic carbocycles. The Balaban J connectivity index is 1.98. The van der Waals surface area contributed by atoms with Crippen LogP contribution in [0, 0.1) is 0 Å². The Kier molecular flexibility index (Phi) is 14.4. The summed E-state index contributed by atoms with van der Waals surface area (Å²) in [6.45, 7) is 2.29. The molecule has 0 spiro atoms. The molecule has 0 aromatic heterocycles. The molecule has 1 atom stereocenters. The van der Waals surface area contributed by atoms with E-state index in [0.29, 0.717) is 6.04 Å². The second-order valence-corrected chi connectivity index (χ2v) is 8.66. The van der Waals surface area contributed by atoms with Crippen LogP contribution < -0.4 is 0 Å². The molecule has 0 bridgehead atoms. The molecule has 1 unspecified atom stereocenters. The molecule has 0 saturated heterocycles. The number of benzene rings is 1. The first-order chi connectivity index (χ1) is 12.2. The van der Waals surface area contributed by atoms with E-state index >= 15 is 0 Å². The molecule has 0 saturated carbocycles. The van der Waals surface area contributed by atoms with Crippen LogP contribution in [0.3, 0.4) is 0 Å². The van der Waals surface area contributed by atoms with Crippen LogP contribution in [0.2, 0.25) is 0 Å². The molecule has 25 heavy (non-hydrogen) atoms. The topological polar surface area (TPSA) is 3.24 Å². The maximum absolute atomic E-state index is 3.67. The summed E-state index contributed by atoms with van der Waals surface area (Å²) >= 11 is 3.67. The minimum Gasteiger partial charge on any atom is -0.242 e. The van der Waals surface area contributed by atoms with Crippen LogP contribution >= 0.6 is 16.1 Å². The quantitative estimate of drug-likeness (QED) is 0.198. The summed E-state index contributed by atoms with van der Waals surface area (Å²) in [5, 5.41) is 0. The van der Waals surface area contributed by atoms with E-state index < -0.39 is 0 Å². The monoisotopic (exact) mass is 409 g/mol. The van der Waals surface area contributed by atoms with Gasteiger partial charge < -0.3 is 0 Å².